The van der Waals surface area contributed by atoms with Crippen molar-refractivity contribution in [2.24, 2.45) is 0 Å². The van der Waals surface area contributed by atoms with Crippen LogP contribution in [0.15, 0.2) is 36.5 Å². The van der Waals surface area contributed by atoms with Gasteiger partial charge in [-0.2, -0.15) is 0 Å². The van der Waals surface area contributed by atoms with Crippen molar-refractivity contribution in [3.63, 3.8) is 0 Å². The predicted molar refractivity (Wildman–Crippen MR) is 88.2 cm³/mol. The van der Waals surface area contributed by atoms with Gasteiger partial charge in [0.15, 0.2) is 0 Å². The number of hydrogen-bond acceptors (Lipinski definition) is 2. The molecule has 0 amide bonds. The summed E-state index contributed by atoms with van der Waals surface area (Å²) in [6, 6.07) is 9.74. The third-order valence-electron chi connectivity index (χ3n) is 3.83. The van der Waals surface area contributed by atoms with Crippen molar-refractivity contribution in [3.05, 3.63) is 58.2 Å². The molecule has 0 spiro atoms. The van der Waals surface area contributed by atoms with Crippen molar-refractivity contribution in [1.29, 1.82) is 0 Å². The minimum Gasteiger partial charge on any atom is -0.507 e. The molecule has 3 nitrogen and oxygen atoms in total. The van der Waals surface area contributed by atoms with E-state index in [-0.39, 0.29) is 0 Å². The first kappa shape index (κ1) is 13.8. The average molecular weight is 301 g/mol. The first-order valence-corrected chi connectivity index (χ1v) is 7.22. The second-order valence-electron chi connectivity index (χ2n) is 5.26. The Hall–Kier alpha value is -2.13. The second kappa shape index (κ2) is 5.34. The molecule has 0 bridgehead atoms. The molecule has 0 aliphatic carbocycles. The number of anilines is 1. The van der Waals surface area contributed by atoms with Crippen LogP contribution in [0, 0.1) is 13.8 Å². The Labute approximate surface area is 128 Å². The molecule has 1 aromatic heterocycles. The molecule has 2 aromatic carbocycles. The first-order valence-electron chi connectivity index (χ1n) is 6.85. The number of phenolic OH excluding ortho intramolecular Hbond substituents is 1. The summed E-state index contributed by atoms with van der Waals surface area (Å²) in [6.07, 6.45) is 1.98. The number of aryl methyl sites for hydroxylation is 1. The Bertz CT molecular complexity index is 808. The first-order chi connectivity index (χ1) is 10.1. The van der Waals surface area contributed by atoms with E-state index >= 15 is 0 Å². The summed E-state index contributed by atoms with van der Waals surface area (Å²) in [4.78, 5) is 3.23. The van der Waals surface area contributed by atoms with Gasteiger partial charge in [0.2, 0.25) is 0 Å². The number of aromatic nitrogens is 1. The lowest BCUT2D eigenvalue weighted by molar-refractivity contribution is 0.467. The standard InChI is InChI=1S/C17H17ClN2O/c1-10-3-6-15(11(2)17(10)21)19-8-12-9-20-16-7-13(18)4-5-14(12)16/h3-7,9,19-21H,8H2,1-2H3. The fourth-order valence-electron chi connectivity index (χ4n) is 2.52. The Morgan fingerprint density at radius 2 is 2.00 bits per heavy atom. The Kier molecular flexibility index (Phi) is 3.52. The molecule has 21 heavy (non-hydrogen) atoms. The minimum absolute atomic E-state index is 0.353. The molecule has 0 radical (unpaired) electrons. The lowest BCUT2D eigenvalue weighted by Gasteiger charge is -2.12. The van der Waals surface area contributed by atoms with Gasteiger partial charge in [0.05, 0.1) is 0 Å². The van der Waals surface area contributed by atoms with Crippen LogP contribution in [0.5, 0.6) is 5.75 Å². The van der Waals surface area contributed by atoms with E-state index in [1.165, 1.54) is 5.56 Å². The normalized spacial score (nSPS) is 11.0. The molecular formula is C17H17ClN2O. The molecule has 0 unspecified atom stereocenters. The van der Waals surface area contributed by atoms with E-state index in [2.05, 4.69) is 10.3 Å². The highest BCUT2D eigenvalue weighted by Crippen LogP contribution is 2.29. The van der Waals surface area contributed by atoms with E-state index in [1.807, 2.05) is 50.4 Å². The van der Waals surface area contributed by atoms with Crippen molar-refractivity contribution in [3.8, 4) is 5.75 Å². The van der Waals surface area contributed by atoms with Crippen LogP contribution in [-0.4, -0.2) is 10.1 Å². The van der Waals surface area contributed by atoms with Crippen molar-refractivity contribution in [1.82, 2.24) is 4.98 Å². The molecule has 1 heterocycles. The van der Waals surface area contributed by atoms with Gasteiger partial charge in [0.25, 0.3) is 0 Å². The Morgan fingerprint density at radius 3 is 2.81 bits per heavy atom. The molecule has 3 N–H and O–H groups in total. The van der Waals surface area contributed by atoms with E-state index in [4.69, 9.17) is 11.6 Å². The van der Waals surface area contributed by atoms with E-state index in [0.29, 0.717) is 12.3 Å². The SMILES string of the molecule is Cc1ccc(NCc2c[nH]c3cc(Cl)ccc23)c(C)c1O. The minimum atomic E-state index is 0.353. The maximum Gasteiger partial charge on any atom is 0.123 e. The number of fused-ring (bicyclic) bond motifs is 1. The maximum absolute atomic E-state index is 9.99. The summed E-state index contributed by atoms with van der Waals surface area (Å²) in [5, 5.41) is 15.2. The van der Waals surface area contributed by atoms with E-state index in [9.17, 15) is 5.11 Å². The van der Waals surface area contributed by atoms with Crippen LogP contribution in [0.25, 0.3) is 10.9 Å². The van der Waals surface area contributed by atoms with Crippen molar-refractivity contribution in [2.75, 3.05) is 5.32 Å². The maximum atomic E-state index is 9.99. The number of H-pyrrole nitrogens is 1. The van der Waals surface area contributed by atoms with Crippen molar-refractivity contribution in [2.45, 2.75) is 20.4 Å². The number of benzene rings is 2. The summed E-state index contributed by atoms with van der Waals surface area (Å²) in [6.45, 7) is 4.50. The van der Waals surface area contributed by atoms with Gasteiger partial charge in [-0.05, 0) is 43.2 Å². The van der Waals surface area contributed by atoms with Crippen molar-refractivity contribution >= 4 is 28.2 Å². The summed E-state index contributed by atoms with van der Waals surface area (Å²) in [7, 11) is 0. The Morgan fingerprint density at radius 1 is 1.19 bits per heavy atom. The monoisotopic (exact) mass is 300 g/mol. The van der Waals surface area contributed by atoms with Gasteiger partial charge in [0, 0.05) is 39.9 Å². The van der Waals surface area contributed by atoms with E-state index in [0.717, 1.165) is 32.7 Å². The number of nitrogens with one attached hydrogen (secondary N) is 2. The topological polar surface area (TPSA) is 48.0 Å². The number of hydrogen-bond donors (Lipinski definition) is 3. The average Bonchev–Trinajstić information content (AvgIpc) is 2.86. The largest absolute Gasteiger partial charge is 0.507 e. The molecule has 4 heteroatoms. The lowest BCUT2D eigenvalue weighted by Crippen LogP contribution is -2.01. The fraction of sp³-hybridized carbons (Fsp3) is 0.176. The number of phenols is 1. The van der Waals surface area contributed by atoms with Crippen LogP contribution in [0.1, 0.15) is 16.7 Å². The highest BCUT2D eigenvalue weighted by molar-refractivity contribution is 6.31. The van der Waals surface area contributed by atoms with Gasteiger partial charge < -0.3 is 15.4 Å². The highest BCUT2D eigenvalue weighted by atomic mass is 35.5. The predicted octanol–water partition coefficient (Wildman–Crippen LogP) is 4.76. The van der Waals surface area contributed by atoms with Crippen LogP contribution in [0.3, 0.4) is 0 Å². The van der Waals surface area contributed by atoms with E-state index < -0.39 is 0 Å². The number of halogens is 1. The second-order valence-corrected chi connectivity index (χ2v) is 5.70. The fourth-order valence-corrected chi connectivity index (χ4v) is 2.69. The zero-order chi connectivity index (χ0) is 15.0. The smallest absolute Gasteiger partial charge is 0.123 e. The molecule has 3 aromatic rings. The van der Waals surface area contributed by atoms with Crippen LogP contribution < -0.4 is 5.32 Å². The zero-order valence-electron chi connectivity index (χ0n) is 12.0. The van der Waals surface area contributed by atoms with Gasteiger partial charge in [-0.25, -0.2) is 0 Å². The van der Waals surface area contributed by atoms with E-state index in [1.54, 1.807) is 0 Å². The van der Waals surface area contributed by atoms with Gasteiger partial charge in [-0.3, -0.25) is 0 Å². The molecular weight excluding hydrogens is 284 g/mol. The van der Waals surface area contributed by atoms with Gasteiger partial charge in [-0.15, -0.1) is 0 Å². The van der Waals surface area contributed by atoms with Crippen LogP contribution in [0.4, 0.5) is 5.69 Å². The van der Waals surface area contributed by atoms with Crippen LogP contribution in [0.2, 0.25) is 5.02 Å². The lowest BCUT2D eigenvalue weighted by atomic mass is 10.1. The van der Waals surface area contributed by atoms with Crippen LogP contribution in [-0.2, 0) is 6.54 Å². The number of aromatic hydroxyl groups is 1. The molecule has 0 saturated carbocycles. The summed E-state index contributed by atoms with van der Waals surface area (Å²) < 4.78 is 0. The third kappa shape index (κ3) is 2.57. The molecule has 0 aliphatic heterocycles. The summed E-state index contributed by atoms with van der Waals surface area (Å²) >= 11 is 5.99. The highest BCUT2D eigenvalue weighted by Gasteiger charge is 2.08. The van der Waals surface area contributed by atoms with Crippen molar-refractivity contribution < 1.29 is 5.11 Å². The van der Waals surface area contributed by atoms with Gasteiger partial charge in [0.1, 0.15) is 5.75 Å². The number of aromatic amines is 1. The molecule has 0 saturated heterocycles. The third-order valence-corrected chi connectivity index (χ3v) is 4.07. The molecule has 3 rings (SSSR count). The molecule has 0 fully saturated rings. The van der Waals surface area contributed by atoms with Gasteiger partial charge >= 0.3 is 0 Å². The molecule has 0 aliphatic rings. The molecule has 108 valence electrons. The number of rotatable bonds is 3. The molecule has 0 atom stereocenters. The van der Waals surface area contributed by atoms with Crippen LogP contribution >= 0.6 is 11.6 Å². The Balaban J connectivity index is 1.85. The summed E-state index contributed by atoms with van der Waals surface area (Å²) in [5.41, 5.74) is 4.91. The zero-order valence-corrected chi connectivity index (χ0v) is 12.8. The quantitative estimate of drug-likeness (QED) is 0.653. The van der Waals surface area contributed by atoms with Gasteiger partial charge in [-0.1, -0.05) is 23.7 Å². The summed E-state index contributed by atoms with van der Waals surface area (Å²) in [5.74, 6) is 0.353.